The number of halogens is 1. The van der Waals surface area contributed by atoms with Crippen LogP contribution in [0.25, 0.3) is 6.08 Å². The van der Waals surface area contributed by atoms with Crippen LogP contribution < -0.4 is 14.8 Å². The summed E-state index contributed by atoms with van der Waals surface area (Å²) in [5, 5.41) is 11.8. The summed E-state index contributed by atoms with van der Waals surface area (Å²) in [6.07, 6.45) is 3.40. The first-order chi connectivity index (χ1) is 12.6. The highest BCUT2D eigenvalue weighted by molar-refractivity contribution is 6.32. The minimum atomic E-state index is -0.275. The first-order valence-electron chi connectivity index (χ1n) is 8.02. The third kappa shape index (κ3) is 5.27. The highest BCUT2D eigenvalue weighted by atomic mass is 35.5. The molecular weight excluding hydrogens is 352 g/mol. The number of methoxy groups -OCH3 is 1. The topological polar surface area (TPSA) is 71.3 Å². The Morgan fingerprint density at radius 1 is 1.31 bits per heavy atom. The number of hydrogen-bond donors (Lipinski definition) is 1. The maximum absolute atomic E-state index is 12.1. The highest BCUT2D eigenvalue weighted by Gasteiger charge is 2.10. The molecule has 1 N–H and O–H groups in total. The summed E-state index contributed by atoms with van der Waals surface area (Å²) >= 11 is 6.19. The van der Waals surface area contributed by atoms with E-state index in [0.29, 0.717) is 35.2 Å². The fourth-order valence-corrected chi connectivity index (χ4v) is 2.59. The molecule has 0 spiro atoms. The molecule has 2 rings (SSSR count). The second-order valence-corrected chi connectivity index (χ2v) is 5.73. The summed E-state index contributed by atoms with van der Waals surface area (Å²) in [5.41, 5.74) is 2.28. The predicted octanol–water partition coefficient (Wildman–Crippen LogP) is 4.47. The minimum Gasteiger partial charge on any atom is -0.491 e. The van der Waals surface area contributed by atoms with Gasteiger partial charge in [-0.15, -0.1) is 0 Å². The molecule has 0 atom stereocenters. The number of benzene rings is 2. The van der Waals surface area contributed by atoms with E-state index in [1.807, 2.05) is 6.92 Å². The minimum absolute atomic E-state index is 0.275. The lowest BCUT2D eigenvalue weighted by Crippen LogP contribution is -2.07. The molecular formula is C20H19ClN2O3. The van der Waals surface area contributed by atoms with Crippen LogP contribution in [0.3, 0.4) is 0 Å². The van der Waals surface area contributed by atoms with Crippen molar-refractivity contribution < 1.29 is 14.3 Å². The van der Waals surface area contributed by atoms with E-state index in [0.717, 1.165) is 11.1 Å². The molecule has 2 aromatic carbocycles. The van der Waals surface area contributed by atoms with E-state index in [1.165, 1.54) is 13.2 Å². The van der Waals surface area contributed by atoms with Gasteiger partial charge in [0.1, 0.15) is 0 Å². The third-order valence-corrected chi connectivity index (χ3v) is 3.75. The zero-order valence-electron chi connectivity index (χ0n) is 14.6. The molecule has 0 aromatic heterocycles. The molecule has 0 unspecified atom stereocenters. The Morgan fingerprint density at radius 2 is 2.04 bits per heavy atom. The molecule has 134 valence electrons. The van der Waals surface area contributed by atoms with Crippen molar-refractivity contribution in [3.05, 3.63) is 58.6 Å². The van der Waals surface area contributed by atoms with Crippen LogP contribution in [-0.4, -0.2) is 19.6 Å². The Hall–Kier alpha value is -2.97. The molecule has 0 saturated carbocycles. The molecule has 5 nitrogen and oxygen atoms in total. The number of anilines is 1. The Labute approximate surface area is 157 Å². The van der Waals surface area contributed by atoms with Crippen LogP contribution in [-0.2, 0) is 11.2 Å². The second kappa shape index (κ2) is 9.50. The van der Waals surface area contributed by atoms with Gasteiger partial charge in [-0.3, -0.25) is 4.79 Å². The van der Waals surface area contributed by atoms with Gasteiger partial charge < -0.3 is 14.8 Å². The van der Waals surface area contributed by atoms with Crippen molar-refractivity contribution in [2.45, 2.75) is 13.3 Å². The van der Waals surface area contributed by atoms with E-state index < -0.39 is 0 Å². The first kappa shape index (κ1) is 19.4. The van der Waals surface area contributed by atoms with Crippen molar-refractivity contribution in [1.82, 2.24) is 0 Å². The molecule has 0 heterocycles. The number of carbonyl (C=O) groups excluding carboxylic acids is 1. The Kier molecular flexibility index (Phi) is 7.07. The molecule has 0 radical (unpaired) electrons. The van der Waals surface area contributed by atoms with Crippen molar-refractivity contribution in [2.24, 2.45) is 0 Å². The van der Waals surface area contributed by atoms with Crippen LogP contribution in [0.4, 0.5) is 5.69 Å². The molecule has 0 aliphatic heterocycles. The lowest BCUT2D eigenvalue weighted by Gasteiger charge is -2.11. The molecule has 26 heavy (non-hydrogen) atoms. The van der Waals surface area contributed by atoms with Gasteiger partial charge in [-0.1, -0.05) is 23.7 Å². The number of rotatable bonds is 7. The summed E-state index contributed by atoms with van der Waals surface area (Å²) in [6, 6.07) is 12.7. The van der Waals surface area contributed by atoms with Gasteiger partial charge in [0.25, 0.3) is 0 Å². The van der Waals surface area contributed by atoms with Gasteiger partial charge in [0, 0.05) is 11.8 Å². The molecule has 1 amide bonds. The lowest BCUT2D eigenvalue weighted by molar-refractivity contribution is -0.111. The van der Waals surface area contributed by atoms with Gasteiger partial charge in [0.15, 0.2) is 11.5 Å². The van der Waals surface area contributed by atoms with Crippen LogP contribution in [0.2, 0.25) is 5.02 Å². The van der Waals surface area contributed by atoms with Gasteiger partial charge in [-0.05, 0) is 48.4 Å². The number of nitriles is 1. The largest absolute Gasteiger partial charge is 0.491 e. The van der Waals surface area contributed by atoms with Crippen LogP contribution in [0.5, 0.6) is 11.5 Å². The molecule has 6 heteroatoms. The molecule has 0 aliphatic carbocycles. The van der Waals surface area contributed by atoms with Crippen molar-refractivity contribution >= 4 is 29.3 Å². The van der Waals surface area contributed by atoms with Crippen molar-refractivity contribution in [2.75, 3.05) is 19.0 Å². The zero-order chi connectivity index (χ0) is 18.9. The summed E-state index contributed by atoms with van der Waals surface area (Å²) in [6.45, 7) is 2.34. The van der Waals surface area contributed by atoms with E-state index in [1.54, 1.807) is 42.5 Å². The zero-order valence-corrected chi connectivity index (χ0v) is 15.3. The Morgan fingerprint density at radius 3 is 2.65 bits per heavy atom. The van der Waals surface area contributed by atoms with Crippen LogP contribution >= 0.6 is 11.6 Å². The first-order valence-corrected chi connectivity index (χ1v) is 8.40. The van der Waals surface area contributed by atoms with Gasteiger partial charge in [0.05, 0.1) is 31.2 Å². The Bertz CT molecular complexity index is 839. The Balaban J connectivity index is 2.08. The van der Waals surface area contributed by atoms with Crippen LogP contribution in [0.15, 0.2) is 42.5 Å². The molecule has 0 bridgehead atoms. The third-order valence-electron chi connectivity index (χ3n) is 3.47. The molecule has 0 fully saturated rings. The number of nitrogens with one attached hydrogen (secondary N) is 1. The van der Waals surface area contributed by atoms with E-state index >= 15 is 0 Å². The van der Waals surface area contributed by atoms with Crippen molar-refractivity contribution in [3.63, 3.8) is 0 Å². The van der Waals surface area contributed by atoms with Gasteiger partial charge in [0.2, 0.25) is 5.91 Å². The number of carbonyl (C=O) groups is 1. The van der Waals surface area contributed by atoms with Gasteiger partial charge in [-0.25, -0.2) is 0 Å². The van der Waals surface area contributed by atoms with Crippen molar-refractivity contribution in [3.8, 4) is 17.6 Å². The van der Waals surface area contributed by atoms with E-state index in [2.05, 4.69) is 11.4 Å². The second-order valence-electron chi connectivity index (χ2n) is 5.32. The highest BCUT2D eigenvalue weighted by Crippen LogP contribution is 2.36. The normalized spacial score (nSPS) is 10.4. The molecule has 0 saturated heterocycles. The number of nitrogens with zero attached hydrogens (tertiary/aromatic N) is 1. The summed E-state index contributed by atoms with van der Waals surface area (Å²) in [5.74, 6) is 0.714. The number of amides is 1. The fourth-order valence-electron chi connectivity index (χ4n) is 2.30. The number of ether oxygens (including phenoxy) is 2. The fraction of sp³-hybridized carbons (Fsp3) is 0.200. The van der Waals surface area contributed by atoms with E-state index in [-0.39, 0.29) is 5.91 Å². The summed E-state index contributed by atoms with van der Waals surface area (Å²) in [4.78, 5) is 12.1. The summed E-state index contributed by atoms with van der Waals surface area (Å²) < 4.78 is 10.8. The number of hydrogen-bond acceptors (Lipinski definition) is 4. The average Bonchev–Trinajstić information content (AvgIpc) is 2.62. The predicted molar refractivity (Wildman–Crippen MR) is 103 cm³/mol. The van der Waals surface area contributed by atoms with Gasteiger partial charge in [-0.2, -0.15) is 5.26 Å². The lowest BCUT2D eigenvalue weighted by atomic mass is 10.1. The van der Waals surface area contributed by atoms with Gasteiger partial charge >= 0.3 is 0 Å². The SMILES string of the molecule is CCOc1cc(C=CC(=O)Nc2ccc(CC#N)cc2)cc(Cl)c1OC. The maximum Gasteiger partial charge on any atom is 0.248 e. The average molecular weight is 371 g/mol. The van der Waals surface area contributed by atoms with E-state index in [9.17, 15) is 4.79 Å². The molecule has 0 aliphatic rings. The smallest absolute Gasteiger partial charge is 0.248 e. The summed E-state index contributed by atoms with van der Waals surface area (Å²) in [7, 11) is 1.52. The standard InChI is InChI=1S/C20H19ClN2O3/c1-3-26-18-13-15(12-17(21)20(18)25-2)6-9-19(24)23-16-7-4-14(5-8-16)10-11-22/h4-9,12-13H,3,10H2,1-2H3,(H,23,24). The van der Waals surface area contributed by atoms with Crippen LogP contribution in [0, 0.1) is 11.3 Å². The molecule has 2 aromatic rings. The maximum atomic E-state index is 12.1. The van der Waals surface area contributed by atoms with Crippen LogP contribution in [0.1, 0.15) is 18.1 Å². The van der Waals surface area contributed by atoms with E-state index in [4.69, 9.17) is 26.3 Å². The van der Waals surface area contributed by atoms with Crippen molar-refractivity contribution in [1.29, 1.82) is 5.26 Å². The monoisotopic (exact) mass is 370 g/mol. The quantitative estimate of drug-likeness (QED) is 0.730.